The summed E-state index contributed by atoms with van der Waals surface area (Å²) in [5.41, 5.74) is 0.966. The molecular formula is C15H19BrN2O3. The lowest BCUT2D eigenvalue weighted by Crippen LogP contribution is -2.44. The van der Waals surface area contributed by atoms with E-state index in [9.17, 15) is 14.9 Å². The van der Waals surface area contributed by atoms with Crippen LogP contribution >= 0.6 is 15.9 Å². The van der Waals surface area contributed by atoms with E-state index in [2.05, 4.69) is 15.9 Å². The highest BCUT2D eigenvalue weighted by Crippen LogP contribution is 2.27. The van der Waals surface area contributed by atoms with Crippen LogP contribution in [0.15, 0.2) is 18.2 Å². The first kappa shape index (κ1) is 15.9. The second-order valence-corrected chi connectivity index (χ2v) is 6.20. The zero-order valence-electron chi connectivity index (χ0n) is 12.0. The molecule has 2 rings (SSSR count). The molecule has 5 nitrogen and oxygen atoms in total. The first-order chi connectivity index (χ1) is 10.0. The number of carbonyl (C=O) groups excluding carboxylic acids is 1. The maximum absolute atomic E-state index is 12.8. The summed E-state index contributed by atoms with van der Waals surface area (Å²) < 4.78 is 0. The minimum Gasteiger partial charge on any atom is -0.335 e. The highest BCUT2D eigenvalue weighted by Gasteiger charge is 2.30. The molecule has 0 aliphatic carbocycles. The topological polar surface area (TPSA) is 63.5 Å². The third-order valence-corrected chi connectivity index (χ3v) is 4.37. The summed E-state index contributed by atoms with van der Waals surface area (Å²) in [5.74, 6) is -0.212. The molecule has 0 N–H and O–H groups in total. The molecule has 1 atom stereocenters. The number of piperidine rings is 1. The van der Waals surface area contributed by atoms with Gasteiger partial charge in [0, 0.05) is 24.0 Å². The van der Waals surface area contributed by atoms with E-state index in [1.54, 1.807) is 12.1 Å². The fourth-order valence-electron chi connectivity index (χ4n) is 2.83. The number of nitro groups is 1. The predicted molar refractivity (Wildman–Crippen MR) is 84.9 cm³/mol. The van der Waals surface area contributed by atoms with Crippen molar-refractivity contribution >= 4 is 27.5 Å². The van der Waals surface area contributed by atoms with E-state index in [1.165, 1.54) is 6.07 Å². The van der Waals surface area contributed by atoms with Gasteiger partial charge in [0.05, 0.1) is 4.92 Å². The maximum Gasteiger partial charge on any atom is 0.282 e. The number of carbonyl (C=O) groups is 1. The second kappa shape index (κ2) is 7.02. The number of likely N-dealkylation sites (tertiary alicyclic amines) is 1. The molecule has 1 heterocycles. The van der Waals surface area contributed by atoms with Crippen LogP contribution in [0.25, 0.3) is 0 Å². The summed E-state index contributed by atoms with van der Waals surface area (Å²) in [5, 5.41) is 12.0. The molecule has 1 aromatic rings. The monoisotopic (exact) mass is 354 g/mol. The van der Waals surface area contributed by atoms with Gasteiger partial charge in [-0.25, -0.2) is 0 Å². The number of rotatable bonds is 4. The average molecular weight is 355 g/mol. The first-order valence-electron chi connectivity index (χ1n) is 7.16. The molecule has 1 aliphatic heterocycles. The van der Waals surface area contributed by atoms with Crippen LogP contribution in [0.5, 0.6) is 0 Å². The number of aryl methyl sites for hydroxylation is 1. The van der Waals surface area contributed by atoms with Crippen LogP contribution < -0.4 is 0 Å². The number of alkyl halides is 1. The van der Waals surface area contributed by atoms with Gasteiger partial charge in [-0.2, -0.15) is 0 Å². The van der Waals surface area contributed by atoms with Crippen LogP contribution in [0.2, 0.25) is 0 Å². The van der Waals surface area contributed by atoms with Crippen molar-refractivity contribution in [2.24, 2.45) is 0 Å². The van der Waals surface area contributed by atoms with Crippen LogP contribution in [-0.4, -0.2) is 33.6 Å². The number of benzene rings is 1. The largest absolute Gasteiger partial charge is 0.335 e. The Hall–Kier alpha value is -1.43. The minimum absolute atomic E-state index is 0.103. The lowest BCUT2D eigenvalue weighted by Gasteiger charge is -2.35. The molecule has 0 spiro atoms. The predicted octanol–water partition coefficient (Wildman–Crippen LogP) is 3.68. The molecule has 21 heavy (non-hydrogen) atoms. The third-order valence-electron chi connectivity index (χ3n) is 3.91. The van der Waals surface area contributed by atoms with Crippen molar-refractivity contribution in [3.63, 3.8) is 0 Å². The Labute approximate surface area is 132 Å². The summed E-state index contributed by atoms with van der Waals surface area (Å²) in [6.45, 7) is 2.52. The van der Waals surface area contributed by atoms with Gasteiger partial charge in [0.15, 0.2) is 0 Å². The summed E-state index contributed by atoms with van der Waals surface area (Å²) in [4.78, 5) is 25.3. The Kier molecular flexibility index (Phi) is 5.33. The quantitative estimate of drug-likeness (QED) is 0.470. The molecule has 0 aromatic heterocycles. The fraction of sp³-hybridized carbons (Fsp3) is 0.533. The van der Waals surface area contributed by atoms with Crippen molar-refractivity contribution in [3.8, 4) is 0 Å². The molecule has 114 valence electrons. The van der Waals surface area contributed by atoms with E-state index in [0.29, 0.717) is 6.54 Å². The van der Waals surface area contributed by atoms with Crippen molar-refractivity contribution in [2.75, 3.05) is 11.9 Å². The van der Waals surface area contributed by atoms with Gasteiger partial charge in [-0.05, 0) is 44.2 Å². The van der Waals surface area contributed by atoms with Gasteiger partial charge in [-0.1, -0.05) is 22.0 Å². The normalized spacial score (nSPS) is 18.6. The molecule has 1 unspecified atom stereocenters. The van der Waals surface area contributed by atoms with Crippen molar-refractivity contribution in [2.45, 2.75) is 38.6 Å². The van der Waals surface area contributed by atoms with Gasteiger partial charge in [-0.15, -0.1) is 0 Å². The fourth-order valence-corrected chi connectivity index (χ4v) is 3.36. The van der Waals surface area contributed by atoms with E-state index in [0.717, 1.165) is 36.6 Å². The standard InChI is InChI=1S/C15H19BrN2O3/c1-11-5-6-14(18(20)21)13(10-11)15(19)17-9-3-2-4-12(17)7-8-16/h5-6,10,12H,2-4,7-9H2,1H3. The number of nitrogens with zero attached hydrogens (tertiary/aromatic N) is 2. The third kappa shape index (κ3) is 3.61. The minimum atomic E-state index is -0.476. The number of hydrogen-bond donors (Lipinski definition) is 0. The highest BCUT2D eigenvalue weighted by molar-refractivity contribution is 9.09. The summed E-state index contributed by atoms with van der Waals surface area (Å²) in [6, 6.07) is 4.89. The van der Waals surface area contributed by atoms with Gasteiger partial charge < -0.3 is 4.90 Å². The Morgan fingerprint density at radius 1 is 1.48 bits per heavy atom. The Bertz CT molecular complexity index is 546. The van der Waals surface area contributed by atoms with Gasteiger partial charge in [-0.3, -0.25) is 14.9 Å². The summed E-state index contributed by atoms with van der Waals surface area (Å²) >= 11 is 3.42. The van der Waals surface area contributed by atoms with Crippen LogP contribution in [0.4, 0.5) is 5.69 Å². The van der Waals surface area contributed by atoms with Gasteiger partial charge in [0.1, 0.15) is 5.56 Å². The van der Waals surface area contributed by atoms with Crippen molar-refractivity contribution < 1.29 is 9.72 Å². The molecule has 0 saturated carbocycles. The molecule has 1 saturated heterocycles. The Morgan fingerprint density at radius 3 is 2.90 bits per heavy atom. The van der Waals surface area contributed by atoms with E-state index >= 15 is 0 Å². The number of hydrogen-bond acceptors (Lipinski definition) is 3. The van der Waals surface area contributed by atoms with Gasteiger partial charge >= 0.3 is 0 Å². The molecule has 0 radical (unpaired) electrons. The second-order valence-electron chi connectivity index (χ2n) is 5.40. The van der Waals surface area contributed by atoms with E-state index < -0.39 is 4.92 Å². The molecule has 0 bridgehead atoms. The van der Waals surface area contributed by atoms with E-state index in [1.807, 2.05) is 11.8 Å². The average Bonchev–Trinajstić information content (AvgIpc) is 2.47. The molecular weight excluding hydrogens is 336 g/mol. The van der Waals surface area contributed by atoms with Crippen LogP contribution in [-0.2, 0) is 0 Å². The molecule has 1 aliphatic rings. The van der Waals surface area contributed by atoms with Crippen LogP contribution in [0.3, 0.4) is 0 Å². The number of halogens is 1. The molecule has 6 heteroatoms. The van der Waals surface area contributed by atoms with E-state index in [4.69, 9.17) is 0 Å². The zero-order valence-corrected chi connectivity index (χ0v) is 13.6. The summed E-state index contributed by atoms with van der Waals surface area (Å²) in [7, 11) is 0. The molecule has 1 amide bonds. The van der Waals surface area contributed by atoms with E-state index in [-0.39, 0.29) is 23.2 Å². The smallest absolute Gasteiger partial charge is 0.282 e. The molecule has 1 fully saturated rings. The lowest BCUT2D eigenvalue weighted by atomic mass is 9.98. The Morgan fingerprint density at radius 2 is 2.24 bits per heavy atom. The van der Waals surface area contributed by atoms with Gasteiger partial charge in [0.2, 0.25) is 0 Å². The summed E-state index contributed by atoms with van der Waals surface area (Å²) in [6.07, 6.45) is 3.92. The van der Waals surface area contributed by atoms with Crippen molar-refractivity contribution in [1.29, 1.82) is 0 Å². The van der Waals surface area contributed by atoms with Crippen molar-refractivity contribution in [1.82, 2.24) is 4.90 Å². The van der Waals surface area contributed by atoms with Gasteiger partial charge in [0.25, 0.3) is 11.6 Å². The zero-order chi connectivity index (χ0) is 15.4. The lowest BCUT2D eigenvalue weighted by molar-refractivity contribution is -0.385. The number of amides is 1. The highest BCUT2D eigenvalue weighted by atomic mass is 79.9. The Balaban J connectivity index is 2.33. The van der Waals surface area contributed by atoms with Crippen LogP contribution in [0.1, 0.15) is 41.6 Å². The molecule has 1 aromatic carbocycles. The number of nitro benzene ring substituents is 1. The maximum atomic E-state index is 12.8. The van der Waals surface area contributed by atoms with Crippen molar-refractivity contribution in [3.05, 3.63) is 39.4 Å². The van der Waals surface area contributed by atoms with Crippen LogP contribution in [0, 0.1) is 17.0 Å². The SMILES string of the molecule is Cc1ccc([N+](=O)[O-])c(C(=O)N2CCCCC2CCBr)c1. The first-order valence-corrected chi connectivity index (χ1v) is 8.28.